The molecule has 1 amide bonds. The second-order valence-electron chi connectivity index (χ2n) is 5.61. The molecule has 2 rings (SSSR count). The fourth-order valence-corrected chi connectivity index (χ4v) is 2.38. The first kappa shape index (κ1) is 15.0. The zero-order valence-electron chi connectivity index (χ0n) is 12.7. The van der Waals surface area contributed by atoms with Crippen molar-refractivity contribution < 1.29 is 4.79 Å². The molecule has 0 spiro atoms. The van der Waals surface area contributed by atoms with E-state index in [0.29, 0.717) is 19.1 Å². The van der Waals surface area contributed by atoms with Gasteiger partial charge in [-0.3, -0.25) is 9.69 Å². The van der Waals surface area contributed by atoms with Crippen molar-refractivity contribution in [3.8, 4) is 0 Å². The molecule has 0 unspecified atom stereocenters. The van der Waals surface area contributed by atoms with Gasteiger partial charge in [0.05, 0.1) is 6.54 Å². The van der Waals surface area contributed by atoms with Crippen LogP contribution in [0, 0.1) is 6.92 Å². The Morgan fingerprint density at radius 2 is 1.95 bits per heavy atom. The van der Waals surface area contributed by atoms with Gasteiger partial charge in [-0.2, -0.15) is 0 Å². The molecule has 110 valence electrons. The highest BCUT2D eigenvalue weighted by Gasteiger charge is 2.25. The predicted molar refractivity (Wildman–Crippen MR) is 81.6 cm³/mol. The van der Waals surface area contributed by atoms with Gasteiger partial charge in [-0.25, -0.2) is 0 Å². The SMILES string of the molecule is CCN(CC(=O)N(C)Cc1ccc(C)cc1)C1CNC1. The van der Waals surface area contributed by atoms with E-state index in [1.54, 1.807) is 0 Å². The van der Waals surface area contributed by atoms with Gasteiger partial charge in [0.25, 0.3) is 0 Å². The van der Waals surface area contributed by atoms with Crippen LogP contribution in [0.4, 0.5) is 0 Å². The standard InChI is InChI=1S/C16H25N3O/c1-4-19(15-9-17-10-15)12-16(20)18(3)11-14-7-5-13(2)6-8-14/h5-8,15,17H,4,9-12H2,1-3H3. The fraction of sp³-hybridized carbons (Fsp3) is 0.562. The van der Waals surface area contributed by atoms with Crippen molar-refractivity contribution in [3.63, 3.8) is 0 Å². The Morgan fingerprint density at radius 1 is 1.30 bits per heavy atom. The van der Waals surface area contributed by atoms with Crippen LogP contribution in [0.1, 0.15) is 18.1 Å². The number of amides is 1. The van der Waals surface area contributed by atoms with Gasteiger partial charge < -0.3 is 10.2 Å². The third kappa shape index (κ3) is 3.81. The molecule has 0 aliphatic carbocycles. The molecule has 1 aliphatic rings. The zero-order valence-corrected chi connectivity index (χ0v) is 12.7. The van der Waals surface area contributed by atoms with Gasteiger partial charge in [-0.15, -0.1) is 0 Å². The molecular formula is C16H25N3O. The monoisotopic (exact) mass is 275 g/mol. The summed E-state index contributed by atoms with van der Waals surface area (Å²) in [5.41, 5.74) is 2.43. The van der Waals surface area contributed by atoms with E-state index in [1.165, 1.54) is 11.1 Å². The number of hydrogen-bond acceptors (Lipinski definition) is 3. The van der Waals surface area contributed by atoms with Crippen LogP contribution in [0.5, 0.6) is 0 Å². The van der Waals surface area contributed by atoms with Gasteiger partial charge in [-0.05, 0) is 19.0 Å². The summed E-state index contributed by atoms with van der Waals surface area (Å²) in [7, 11) is 1.88. The van der Waals surface area contributed by atoms with Crippen molar-refractivity contribution in [3.05, 3.63) is 35.4 Å². The lowest BCUT2D eigenvalue weighted by atomic mass is 10.1. The molecule has 1 N–H and O–H groups in total. The van der Waals surface area contributed by atoms with Gasteiger partial charge in [0.15, 0.2) is 0 Å². The molecule has 20 heavy (non-hydrogen) atoms. The summed E-state index contributed by atoms with van der Waals surface area (Å²) in [6.07, 6.45) is 0. The number of hydrogen-bond donors (Lipinski definition) is 1. The smallest absolute Gasteiger partial charge is 0.236 e. The van der Waals surface area contributed by atoms with Crippen molar-refractivity contribution in [2.24, 2.45) is 0 Å². The van der Waals surface area contributed by atoms with Crippen LogP contribution < -0.4 is 5.32 Å². The van der Waals surface area contributed by atoms with Gasteiger partial charge in [-0.1, -0.05) is 36.8 Å². The lowest BCUT2D eigenvalue weighted by molar-refractivity contribution is -0.132. The maximum absolute atomic E-state index is 12.3. The number of nitrogens with one attached hydrogen (secondary N) is 1. The molecular weight excluding hydrogens is 250 g/mol. The predicted octanol–water partition coefficient (Wildman–Crippen LogP) is 1.25. The number of carbonyl (C=O) groups is 1. The minimum Gasteiger partial charge on any atom is -0.340 e. The molecule has 1 fully saturated rings. The molecule has 1 aromatic rings. The molecule has 1 aliphatic heterocycles. The van der Waals surface area contributed by atoms with Crippen molar-refractivity contribution >= 4 is 5.91 Å². The Balaban J connectivity index is 1.86. The lowest BCUT2D eigenvalue weighted by Gasteiger charge is -2.37. The molecule has 1 saturated heterocycles. The molecule has 4 nitrogen and oxygen atoms in total. The normalized spacial score (nSPS) is 15.2. The summed E-state index contributed by atoms with van der Waals surface area (Å²) in [6.45, 7) is 8.32. The number of benzene rings is 1. The number of rotatable bonds is 6. The average Bonchev–Trinajstić information content (AvgIpc) is 2.38. The van der Waals surface area contributed by atoms with E-state index in [1.807, 2.05) is 11.9 Å². The lowest BCUT2D eigenvalue weighted by Crippen LogP contribution is -2.58. The molecule has 1 aromatic carbocycles. The molecule has 4 heteroatoms. The maximum Gasteiger partial charge on any atom is 0.236 e. The number of likely N-dealkylation sites (N-methyl/N-ethyl adjacent to an activating group) is 2. The summed E-state index contributed by atoms with van der Waals surface area (Å²) in [6, 6.07) is 8.88. The van der Waals surface area contributed by atoms with Gasteiger partial charge >= 0.3 is 0 Å². The van der Waals surface area contributed by atoms with Crippen LogP contribution in [0.15, 0.2) is 24.3 Å². The molecule has 0 radical (unpaired) electrons. The number of nitrogens with zero attached hydrogens (tertiary/aromatic N) is 2. The first-order valence-corrected chi connectivity index (χ1v) is 7.34. The van der Waals surface area contributed by atoms with Crippen molar-refractivity contribution in [1.29, 1.82) is 0 Å². The van der Waals surface area contributed by atoms with Crippen molar-refractivity contribution in [2.45, 2.75) is 26.4 Å². The largest absolute Gasteiger partial charge is 0.340 e. The minimum atomic E-state index is 0.194. The average molecular weight is 275 g/mol. The van der Waals surface area contributed by atoms with Crippen molar-refractivity contribution in [2.75, 3.05) is 33.2 Å². The van der Waals surface area contributed by atoms with Crippen LogP contribution >= 0.6 is 0 Å². The summed E-state index contributed by atoms with van der Waals surface area (Å²) >= 11 is 0. The zero-order chi connectivity index (χ0) is 14.5. The maximum atomic E-state index is 12.3. The van der Waals surface area contributed by atoms with E-state index >= 15 is 0 Å². The first-order chi connectivity index (χ1) is 9.60. The second-order valence-corrected chi connectivity index (χ2v) is 5.61. The quantitative estimate of drug-likeness (QED) is 0.848. The molecule has 0 bridgehead atoms. The highest BCUT2D eigenvalue weighted by atomic mass is 16.2. The van der Waals surface area contributed by atoms with Crippen LogP contribution in [-0.2, 0) is 11.3 Å². The first-order valence-electron chi connectivity index (χ1n) is 7.34. The van der Waals surface area contributed by atoms with Gasteiger partial charge in [0.2, 0.25) is 5.91 Å². The Hall–Kier alpha value is -1.39. The van der Waals surface area contributed by atoms with E-state index in [0.717, 1.165) is 19.6 Å². The van der Waals surface area contributed by atoms with Crippen LogP contribution in [0.25, 0.3) is 0 Å². The number of aryl methyl sites for hydroxylation is 1. The van der Waals surface area contributed by atoms with Gasteiger partial charge in [0, 0.05) is 32.7 Å². The van der Waals surface area contributed by atoms with Crippen LogP contribution in [0.3, 0.4) is 0 Å². The highest BCUT2D eigenvalue weighted by molar-refractivity contribution is 5.78. The van der Waals surface area contributed by atoms with E-state index in [9.17, 15) is 4.79 Å². The Morgan fingerprint density at radius 3 is 2.45 bits per heavy atom. The van der Waals surface area contributed by atoms with Gasteiger partial charge in [0.1, 0.15) is 0 Å². The summed E-state index contributed by atoms with van der Waals surface area (Å²) in [5, 5.41) is 3.26. The third-order valence-electron chi connectivity index (χ3n) is 3.99. The van der Waals surface area contributed by atoms with E-state index < -0.39 is 0 Å². The molecule has 0 atom stereocenters. The molecule has 1 heterocycles. The molecule has 0 aromatic heterocycles. The Labute approximate surface area is 121 Å². The van der Waals surface area contributed by atoms with E-state index in [4.69, 9.17) is 0 Å². The van der Waals surface area contributed by atoms with E-state index in [-0.39, 0.29) is 5.91 Å². The summed E-state index contributed by atoms with van der Waals surface area (Å²) in [5.74, 6) is 0.194. The van der Waals surface area contributed by atoms with Crippen LogP contribution in [0.2, 0.25) is 0 Å². The topological polar surface area (TPSA) is 35.6 Å². The molecule has 0 saturated carbocycles. The van der Waals surface area contributed by atoms with E-state index in [2.05, 4.69) is 48.3 Å². The Kier molecular flexibility index (Phi) is 5.15. The Bertz CT molecular complexity index is 440. The summed E-state index contributed by atoms with van der Waals surface area (Å²) in [4.78, 5) is 16.4. The minimum absolute atomic E-state index is 0.194. The third-order valence-corrected chi connectivity index (χ3v) is 3.99. The fourth-order valence-electron chi connectivity index (χ4n) is 2.38. The van der Waals surface area contributed by atoms with Crippen molar-refractivity contribution in [1.82, 2.24) is 15.1 Å². The second kappa shape index (κ2) is 6.86. The van der Waals surface area contributed by atoms with Crippen LogP contribution in [-0.4, -0.2) is 55.0 Å². The summed E-state index contributed by atoms with van der Waals surface area (Å²) < 4.78 is 0. The number of carbonyl (C=O) groups excluding carboxylic acids is 1. The highest BCUT2D eigenvalue weighted by Crippen LogP contribution is 2.08.